The van der Waals surface area contributed by atoms with Crippen molar-refractivity contribution in [3.8, 4) is 0 Å². The van der Waals surface area contributed by atoms with Crippen molar-refractivity contribution in [3.05, 3.63) is 42.9 Å². The lowest BCUT2D eigenvalue weighted by atomic mass is 10.4. The number of rotatable bonds is 3. The van der Waals surface area contributed by atoms with Gasteiger partial charge in [0.25, 0.3) is 5.56 Å². The first-order valence-electron chi connectivity index (χ1n) is 5.27. The number of thiazole rings is 1. The molecule has 2 heterocycles. The van der Waals surface area contributed by atoms with Gasteiger partial charge in [0.1, 0.15) is 10.3 Å². The van der Waals surface area contributed by atoms with Crippen LogP contribution in [0.4, 0.5) is 0 Å². The summed E-state index contributed by atoms with van der Waals surface area (Å²) in [5.74, 6) is 0.698. The van der Waals surface area contributed by atoms with Crippen LogP contribution in [0.2, 0.25) is 0 Å². The highest BCUT2D eigenvalue weighted by Crippen LogP contribution is 2.11. The molecule has 0 fully saturated rings. The minimum absolute atomic E-state index is 0.0662. The van der Waals surface area contributed by atoms with E-state index >= 15 is 0 Å². The Balaban J connectivity index is 2.36. The van der Waals surface area contributed by atoms with Crippen LogP contribution < -0.4 is 5.56 Å². The Labute approximate surface area is 111 Å². The largest absolute Gasteiger partial charge is 0.290 e. The maximum absolute atomic E-state index is 11.9. The van der Waals surface area contributed by atoms with E-state index in [1.807, 2.05) is 12.3 Å². The quantitative estimate of drug-likeness (QED) is 0.874. The summed E-state index contributed by atoms with van der Waals surface area (Å²) in [6.07, 6.45) is 2.46. The van der Waals surface area contributed by atoms with Crippen LogP contribution in [0.25, 0.3) is 0 Å². The van der Waals surface area contributed by atoms with Crippen molar-refractivity contribution in [1.82, 2.24) is 14.5 Å². The highest BCUT2D eigenvalue weighted by Gasteiger charge is 2.08. The summed E-state index contributed by atoms with van der Waals surface area (Å²) in [5, 5.41) is 3.08. The van der Waals surface area contributed by atoms with Gasteiger partial charge in [-0.25, -0.2) is 9.97 Å². The first-order chi connectivity index (χ1) is 8.11. The molecular formula is C11H12BrN3OS. The molecule has 0 aromatic carbocycles. The molecule has 2 aromatic heterocycles. The highest BCUT2D eigenvalue weighted by atomic mass is 79.9. The second-order valence-corrected chi connectivity index (χ2v) is 5.43. The van der Waals surface area contributed by atoms with E-state index < -0.39 is 0 Å². The number of aromatic nitrogens is 3. The molecule has 90 valence electrons. The normalized spacial score (nSPS) is 10.8. The van der Waals surface area contributed by atoms with Gasteiger partial charge < -0.3 is 0 Å². The van der Waals surface area contributed by atoms with Gasteiger partial charge in [-0.2, -0.15) is 0 Å². The Morgan fingerprint density at radius 3 is 2.94 bits per heavy atom. The second-order valence-electron chi connectivity index (χ2n) is 3.63. The van der Waals surface area contributed by atoms with Gasteiger partial charge in [0.05, 0.1) is 17.2 Å². The zero-order chi connectivity index (χ0) is 12.4. The summed E-state index contributed by atoms with van der Waals surface area (Å²) < 4.78 is 2.10. The average molecular weight is 314 g/mol. The van der Waals surface area contributed by atoms with Crippen LogP contribution in [0.1, 0.15) is 23.4 Å². The molecule has 0 aliphatic rings. The fourth-order valence-electron chi connectivity index (χ4n) is 1.48. The first-order valence-corrected chi connectivity index (χ1v) is 6.94. The predicted molar refractivity (Wildman–Crippen MR) is 71.5 cm³/mol. The summed E-state index contributed by atoms with van der Waals surface area (Å²) in [6.45, 7) is 4.37. The Bertz CT molecular complexity index is 591. The standard InChI is InChI=1S/C11H12BrN3OS/c1-3-10-14-8(6-17-10)5-15-7(2)13-4-9(12)11(15)16/h4,6H,3,5H2,1-2H3. The fourth-order valence-corrected chi connectivity index (χ4v) is 2.54. The van der Waals surface area contributed by atoms with Crippen LogP contribution in [0, 0.1) is 6.92 Å². The lowest BCUT2D eigenvalue weighted by molar-refractivity contribution is 0.683. The minimum atomic E-state index is -0.0662. The Kier molecular flexibility index (Phi) is 3.73. The zero-order valence-electron chi connectivity index (χ0n) is 9.61. The number of hydrogen-bond acceptors (Lipinski definition) is 4. The summed E-state index contributed by atoms with van der Waals surface area (Å²) in [4.78, 5) is 20.5. The molecule has 0 aliphatic carbocycles. The van der Waals surface area contributed by atoms with E-state index in [9.17, 15) is 4.79 Å². The molecule has 2 rings (SSSR count). The Morgan fingerprint density at radius 2 is 2.29 bits per heavy atom. The third kappa shape index (κ3) is 2.63. The van der Waals surface area contributed by atoms with E-state index in [2.05, 4.69) is 32.8 Å². The molecule has 0 N–H and O–H groups in total. The third-order valence-corrected chi connectivity index (χ3v) is 4.01. The number of nitrogens with zero attached hydrogens (tertiary/aromatic N) is 3. The highest BCUT2D eigenvalue weighted by molar-refractivity contribution is 9.10. The molecule has 0 bridgehead atoms. The van der Waals surface area contributed by atoms with E-state index in [1.54, 1.807) is 15.9 Å². The van der Waals surface area contributed by atoms with E-state index in [0.717, 1.165) is 17.1 Å². The molecule has 2 aromatic rings. The van der Waals surface area contributed by atoms with Crippen molar-refractivity contribution in [3.63, 3.8) is 0 Å². The van der Waals surface area contributed by atoms with Gasteiger partial charge in [-0.05, 0) is 29.3 Å². The molecule has 4 nitrogen and oxygen atoms in total. The summed E-state index contributed by atoms with van der Waals surface area (Å²) in [5.41, 5.74) is 0.848. The number of hydrogen-bond donors (Lipinski definition) is 0. The smallest absolute Gasteiger partial charge is 0.268 e. The van der Waals surface area contributed by atoms with E-state index in [0.29, 0.717) is 16.8 Å². The Morgan fingerprint density at radius 1 is 1.53 bits per heavy atom. The molecule has 0 saturated heterocycles. The number of aryl methyl sites for hydroxylation is 2. The molecule has 17 heavy (non-hydrogen) atoms. The molecule has 0 atom stereocenters. The van der Waals surface area contributed by atoms with E-state index in [-0.39, 0.29) is 5.56 Å². The molecule has 0 amide bonds. The van der Waals surface area contributed by atoms with Crippen molar-refractivity contribution in [2.24, 2.45) is 0 Å². The van der Waals surface area contributed by atoms with E-state index in [4.69, 9.17) is 0 Å². The van der Waals surface area contributed by atoms with Gasteiger partial charge in [-0.1, -0.05) is 6.92 Å². The van der Waals surface area contributed by atoms with Crippen molar-refractivity contribution >= 4 is 27.3 Å². The molecule has 0 aliphatic heterocycles. The lowest BCUT2D eigenvalue weighted by Gasteiger charge is -2.07. The van der Waals surface area contributed by atoms with Crippen molar-refractivity contribution in [2.75, 3.05) is 0 Å². The average Bonchev–Trinajstić information content (AvgIpc) is 2.77. The molecule has 6 heteroatoms. The van der Waals surface area contributed by atoms with Crippen molar-refractivity contribution < 1.29 is 0 Å². The van der Waals surface area contributed by atoms with E-state index in [1.165, 1.54) is 6.20 Å². The van der Waals surface area contributed by atoms with Crippen molar-refractivity contribution in [1.29, 1.82) is 0 Å². The third-order valence-electron chi connectivity index (χ3n) is 2.43. The molecular weight excluding hydrogens is 302 g/mol. The minimum Gasteiger partial charge on any atom is -0.290 e. The van der Waals surface area contributed by atoms with Crippen LogP contribution in [0.5, 0.6) is 0 Å². The van der Waals surface area contributed by atoms with Gasteiger partial charge in [-0.15, -0.1) is 11.3 Å². The maximum Gasteiger partial charge on any atom is 0.268 e. The lowest BCUT2D eigenvalue weighted by Crippen LogP contribution is -2.24. The Hall–Kier alpha value is -1.01. The maximum atomic E-state index is 11.9. The molecule has 0 saturated carbocycles. The van der Waals surface area contributed by atoms with Crippen molar-refractivity contribution in [2.45, 2.75) is 26.8 Å². The zero-order valence-corrected chi connectivity index (χ0v) is 12.0. The van der Waals surface area contributed by atoms with Crippen LogP contribution >= 0.6 is 27.3 Å². The monoisotopic (exact) mass is 313 g/mol. The summed E-state index contributed by atoms with van der Waals surface area (Å²) >= 11 is 4.82. The van der Waals surface area contributed by atoms with Crippen LogP contribution in [0.3, 0.4) is 0 Å². The summed E-state index contributed by atoms with van der Waals surface area (Å²) in [7, 11) is 0. The van der Waals surface area contributed by atoms with Crippen LogP contribution in [-0.4, -0.2) is 14.5 Å². The molecule has 0 radical (unpaired) electrons. The van der Waals surface area contributed by atoms with Gasteiger partial charge in [0.2, 0.25) is 0 Å². The number of halogens is 1. The second kappa shape index (κ2) is 5.10. The van der Waals surface area contributed by atoms with Gasteiger partial charge in [-0.3, -0.25) is 9.36 Å². The van der Waals surface area contributed by atoms with Gasteiger partial charge >= 0.3 is 0 Å². The summed E-state index contributed by atoms with van der Waals surface area (Å²) in [6, 6.07) is 0. The topological polar surface area (TPSA) is 47.8 Å². The molecule has 0 unspecified atom stereocenters. The first kappa shape index (κ1) is 12.4. The fraction of sp³-hybridized carbons (Fsp3) is 0.364. The predicted octanol–water partition coefficient (Wildman–Crippen LogP) is 2.38. The van der Waals surface area contributed by atoms with Gasteiger partial charge in [0.15, 0.2) is 0 Å². The van der Waals surface area contributed by atoms with Crippen LogP contribution in [0.15, 0.2) is 20.8 Å². The molecule has 0 spiro atoms. The SMILES string of the molecule is CCc1nc(Cn2c(C)ncc(Br)c2=O)cs1. The van der Waals surface area contributed by atoms with Crippen LogP contribution in [-0.2, 0) is 13.0 Å². The van der Waals surface area contributed by atoms with Gasteiger partial charge in [0, 0.05) is 11.6 Å².